The summed E-state index contributed by atoms with van der Waals surface area (Å²) >= 11 is 1.44. The number of nitrogens with zero attached hydrogens (tertiary/aromatic N) is 2. The molecule has 0 aliphatic carbocycles. The van der Waals surface area contributed by atoms with Gasteiger partial charge in [0.25, 0.3) is 0 Å². The van der Waals surface area contributed by atoms with Crippen molar-refractivity contribution in [3.8, 4) is 16.6 Å². The summed E-state index contributed by atoms with van der Waals surface area (Å²) in [5.41, 5.74) is 1.42. The highest BCUT2D eigenvalue weighted by Gasteiger charge is 2.10. The third-order valence-electron chi connectivity index (χ3n) is 2.26. The number of esters is 1. The molecule has 94 valence electrons. The molecule has 0 saturated heterocycles. The monoisotopic (exact) mass is 264 g/mol. The summed E-state index contributed by atoms with van der Waals surface area (Å²) in [6.07, 6.45) is 0.178. The van der Waals surface area contributed by atoms with E-state index in [1.165, 1.54) is 18.4 Å². The summed E-state index contributed by atoms with van der Waals surface area (Å²) in [6, 6.07) is 5.47. The first-order valence-electron chi connectivity index (χ1n) is 5.25. The van der Waals surface area contributed by atoms with Gasteiger partial charge in [-0.05, 0) is 6.07 Å². The van der Waals surface area contributed by atoms with Crippen molar-refractivity contribution >= 4 is 17.3 Å². The van der Waals surface area contributed by atoms with Crippen molar-refractivity contribution in [3.05, 3.63) is 29.3 Å². The highest BCUT2D eigenvalue weighted by atomic mass is 32.1. The van der Waals surface area contributed by atoms with Gasteiger partial charge in [0.15, 0.2) is 0 Å². The van der Waals surface area contributed by atoms with Crippen LogP contribution in [0, 0.1) is 0 Å². The number of carbonyl (C=O) groups excluding carboxylic acids is 1. The van der Waals surface area contributed by atoms with E-state index in [1.54, 1.807) is 13.2 Å². The van der Waals surface area contributed by atoms with Crippen LogP contribution in [0.2, 0.25) is 0 Å². The molecule has 2 rings (SSSR count). The zero-order chi connectivity index (χ0) is 13.0. The highest BCUT2D eigenvalue weighted by molar-refractivity contribution is 7.13. The summed E-state index contributed by atoms with van der Waals surface area (Å²) < 4.78 is 9.65. The van der Waals surface area contributed by atoms with Crippen LogP contribution in [0.5, 0.6) is 5.88 Å². The first kappa shape index (κ1) is 12.5. The van der Waals surface area contributed by atoms with E-state index in [-0.39, 0.29) is 12.4 Å². The van der Waals surface area contributed by atoms with E-state index < -0.39 is 0 Å². The van der Waals surface area contributed by atoms with E-state index in [2.05, 4.69) is 14.7 Å². The van der Waals surface area contributed by atoms with E-state index in [9.17, 15) is 4.79 Å². The van der Waals surface area contributed by atoms with Crippen molar-refractivity contribution in [2.75, 3.05) is 14.2 Å². The van der Waals surface area contributed by atoms with Gasteiger partial charge in [-0.1, -0.05) is 6.07 Å². The second-order valence-corrected chi connectivity index (χ2v) is 4.32. The van der Waals surface area contributed by atoms with Gasteiger partial charge >= 0.3 is 5.97 Å². The van der Waals surface area contributed by atoms with Gasteiger partial charge in [-0.25, -0.2) is 9.97 Å². The van der Waals surface area contributed by atoms with Gasteiger partial charge in [0.05, 0.1) is 26.3 Å². The van der Waals surface area contributed by atoms with E-state index in [0.29, 0.717) is 11.6 Å². The van der Waals surface area contributed by atoms with Gasteiger partial charge in [-0.15, -0.1) is 11.3 Å². The topological polar surface area (TPSA) is 61.3 Å². The Morgan fingerprint density at radius 3 is 2.89 bits per heavy atom. The summed E-state index contributed by atoms with van der Waals surface area (Å²) in [4.78, 5) is 19.8. The molecule has 2 aromatic rings. The lowest BCUT2D eigenvalue weighted by atomic mass is 10.3. The van der Waals surface area contributed by atoms with Crippen molar-refractivity contribution in [3.63, 3.8) is 0 Å². The Bertz CT molecular complexity index is 554. The Morgan fingerprint density at radius 2 is 2.17 bits per heavy atom. The van der Waals surface area contributed by atoms with E-state index >= 15 is 0 Å². The molecular formula is C12H12N2O3S. The van der Waals surface area contributed by atoms with Crippen LogP contribution < -0.4 is 4.74 Å². The van der Waals surface area contributed by atoms with Crippen molar-refractivity contribution in [1.29, 1.82) is 0 Å². The smallest absolute Gasteiger partial charge is 0.311 e. The number of rotatable bonds is 4. The normalized spacial score (nSPS) is 10.1. The first-order chi connectivity index (χ1) is 8.72. The molecule has 0 saturated carbocycles. The highest BCUT2D eigenvalue weighted by Crippen LogP contribution is 2.23. The molecule has 18 heavy (non-hydrogen) atoms. The minimum Gasteiger partial charge on any atom is -0.481 e. The molecule has 2 aromatic heterocycles. The van der Waals surface area contributed by atoms with Crippen LogP contribution in [-0.4, -0.2) is 30.2 Å². The third kappa shape index (κ3) is 2.84. The SMILES string of the molecule is COC(=O)Cc1csc(-c2cccc(OC)n2)n1. The minimum atomic E-state index is -0.301. The Balaban J connectivity index is 2.20. The molecule has 0 atom stereocenters. The maximum atomic E-state index is 11.1. The molecule has 5 nitrogen and oxygen atoms in total. The summed E-state index contributed by atoms with van der Waals surface area (Å²) in [6.45, 7) is 0. The average Bonchev–Trinajstić information content (AvgIpc) is 2.87. The fourth-order valence-electron chi connectivity index (χ4n) is 1.37. The lowest BCUT2D eigenvalue weighted by Crippen LogP contribution is -2.04. The molecule has 0 radical (unpaired) electrons. The molecule has 0 N–H and O–H groups in total. The van der Waals surface area contributed by atoms with Gasteiger partial charge in [0, 0.05) is 11.4 Å². The second-order valence-electron chi connectivity index (χ2n) is 3.46. The third-order valence-corrected chi connectivity index (χ3v) is 3.17. The summed E-state index contributed by atoms with van der Waals surface area (Å²) in [7, 11) is 2.93. The largest absolute Gasteiger partial charge is 0.481 e. The molecule has 0 unspecified atom stereocenters. The fourth-order valence-corrected chi connectivity index (χ4v) is 2.16. The van der Waals surface area contributed by atoms with Crippen LogP contribution in [-0.2, 0) is 16.0 Å². The minimum absolute atomic E-state index is 0.178. The quantitative estimate of drug-likeness (QED) is 0.790. The zero-order valence-corrected chi connectivity index (χ0v) is 10.9. The molecule has 0 amide bonds. The number of ether oxygens (including phenoxy) is 2. The average molecular weight is 264 g/mol. The van der Waals surface area contributed by atoms with Crippen molar-refractivity contribution in [2.45, 2.75) is 6.42 Å². The van der Waals surface area contributed by atoms with Crippen molar-refractivity contribution in [2.24, 2.45) is 0 Å². The van der Waals surface area contributed by atoms with E-state index in [1.807, 2.05) is 17.5 Å². The van der Waals surface area contributed by atoms with Crippen LogP contribution in [0.25, 0.3) is 10.7 Å². The fraction of sp³-hybridized carbons (Fsp3) is 0.250. The van der Waals surface area contributed by atoms with Crippen LogP contribution in [0.3, 0.4) is 0 Å². The molecule has 0 fully saturated rings. The molecular weight excluding hydrogens is 252 g/mol. The Hall–Kier alpha value is -1.95. The summed E-state index contributed by atoms with van der Waals surface area (Å²) in [5.74, 6) is 0.239. The van der Waals surface area contributed by atoms with Gasteiger partial charge in [-0.2, -0.15) is 0 Å². The van der Waals surface area contributed by atoms with Crippen LogP contribution in [0.1, 0.15) is 5.69 Å². The molecule has 0 spiro atoms. The van der Waals surface area contributed by atoms with E-state index in [4.69, 9.17) is 4.74 Å². The Labute approximate surface area is 108 Å². The maximum Gasteiger partial charge on any atom is 0.311 e. The maximum absolute atomic E-state index is 11.1. The number of pyridine rings is 1. The molecule has 0 aliphatic heterocycles. The van der Waals surface area contributed by atoms with Gasteiger partial charge < -0.3 is 9.47 Å². The zero-order valence-electron chi connectivity index (χ0n) is 10.0. The number of hydrogen-bond donors (Lipinski definition) is 0. The van der Waals surface area contributed by atoms with Gasteiger partial charge in [-0.3, -0.25) is 4.79 Å². The molecule has 0 aliphatic rings. The number of aromatic nitrogens is 2. The molecule has 0 bridgehead atoms. The molecule has 2 heterocycles. The van der Waals surface area contributed by atoms with Crippen LogP contribution >= 0.6 is 11.3 Å². The molecule has 6 heteroatoms. The lowest BCUT2D eigenvalue weighted by Gasteiger charge is -2.00. The Kier molecular flexibility index (Phi) is 3.88. The predicted molar refractivity (Wildman–Crippen MR) is 67.6 cm³/mol. The Morgan fingerprint density at radius 1 is 1.33 bits per heavy atom. The standard InChI is InChI=1S/C12H12N2O3S/c1-16-10-5-3-4-9(14-10)12-13-8(7-18-12)6-11(15)17-2/h3-5,7H,6H2,1-2H3. The lowest BCUT2D eigenvalue weighted by molar-refractivity contribution is -0.139. The number of carbonyl (C=O) groups is 1. The van der Waals surface area contributed by atoms with Crippen LogP contribution in [0.15, 0.2) is 23.6 Å². The second kappa shape index (κ2) is 5.59. The predicted octanol–water partition coefficient (Wildman–Crippen LogP) is 1.93. The number of thiazole rings is 1. The van der Waals surface area contributed by atoms with Crippen molar-refractivity contribution < 1.29 is 14.3 Å². The van der Waals surface area contributed by atoms with Gasteiger partial charge in [0.2, 0.25) is 5.88 Å². The van der Waals surface area contributed by atoms with E-state index in [0.717, 1.165) is 10.7 Å². The van der Waals surface area contributed by atoms with Gasteiger partial charge in [0.1, 0.15) is 10.7 Å². The molecule has 0 aromatic carbocycles. The number of hydrogen-bond acceptors (Lipinski definition) is 6. The summed E-state index contributed by atoms with van der Waals surface area (Å²) in [5, 5.41) is 2.58. The first-order valence-corrected chi connectivity index (χ1v) is 6.13. The van der Waals surface area contributed by atoms with Crippen LogP contribution in [0.4, 0.5) is 0 Å². The van der Waals surface area contributed by atoms with Crippen molar-refractivity contribution in [1.82, 2.24) is 9.97 Å². The number of methoxy groups -OCH3 is 2.